The highest BCUT2D eigenvalue weighted by molar-refractivity contribution is 7.89. The fourth-order valence-electron chi connectivity index (χ4n) is 3.97. The molecule has 0 amide bonds. The van der Waals surface area contributed by atoms with E-state index in [-0.39, 0.29) is 35.2 Å². The third-order valence-electron chi connectivity index (χ3n) is 6.22. The van der Waals surface area contributed by atoms with Gasteiger partial charge < -0.3 is 9.84 Å². The number of hydrogen-bond acceptors (Lipinski definition) is 6. The van der Waals surface area contributed by atoms with Gasteiger partial charge in [0.1, 0.15) is 22.6 Å². The topological polar surface area (TPSA) is 104 Å². The van der Waals surface area contributed by atoms with Crippen LogP contribution >= 0.6 is 0 Å². The molecule has 0 aliphatic carbocycles. The van der Waals surface area contributed by atoms with E-state index in [1.165, 1.54) is 29.6 Å². The van der Waals surface area contributed by atoms with Crippen molar-refractivity contribution in [1.29, 1.82) is 0 Å². The largest absolute Gasteiger partial charge is 0.487 e. The summed E-state index contributed by atoms with van der Waals surface area (Å²) in [7, 11) is -6.71. The summed E-state index contributed by atoms with van der Waals surface area (Å²) >= 11 is 0. The Kier molecular flexibility index (Phi) is 9.37. The van der Waals surface area contributed by atoms with Gasteiger partial charge in [-0.25, -0.2) is 21.2 Å². The number of sulfonamides is 2. The van der Waals surface area contributed by atoms with E-state index >= 15 is 0 Å². The first kappa shape index (κ1) is 29.1. The number of halogens is 1. The summed E-state index contributed by atoms with van der Waals surface area (Å²) in [5, 5.41) is 9.77. The van der Waals surface area contributed by atoms with E-state index in [9.17, 15) is 26.3 Å². The van der Waals surface area contributed by atoms with Gasteiger partial charge in [-0.3, -0.25) is 0 Å². The summed E-state index contributed by atoms with van der Waals surface area (Å²) in [6.07, 6.45) is 0.804. The van der Waals surface area contributed by atoms with E-state index in [4.69, 9.17) is 4.74 Å². The summed E-state index contributed by atoms with van der Waals surface area (Å²) in [5.74, 6) is 4.95. The lowest BCUT2D eigenvalue weighted by atomic mass is 10.0. The minimum Gasteiger partial charge on any atom is -0.487 e. The van der Waals surface area contributed by atoms with E-state index in [1.807, 2.05) is 6.92 Å². The average Bonchev–Trinajstić information content (AvgIpc) is 2.85. The maximum Gasteiger partial charge on any atom is 0.247 e. The molecule has 0 unspecified atom stereocenters. The molecule has 202 valence electrons. The molecule has 3 rings (SSSR count). The number of ether oxygens (including phenoxy) is 1. The maximum atomic E-state index is 13.7. The molecular formula is C26H33FN2O6S2. The number of unbranched alkanes of at least 4 members (excludes halogenated alkanes) is 1. The Hall–Kier alpha value is -2.49. The predicted molar refractivity (Wildman–Crippen MR) is 138 cm³/mol. The van der Waals surface area contributed by atoms with Crippen molar-refractivity contribution in [2.45, 2.75) is 55.5 Å². The lowest BCUT2D eigenvalue weighted by Crippen LogP contribution is -2.50. The Morgan fingerprint density at radius 3 is 2.65 bits per heavy atom. The van der Waals surface area contributed by atoms with Crippen molar-refractivity contribution >= 4 is 20.0 Å². The molecule has 0 saturated heterocycles. The Labute approximate surface area is 219 Å². The summed E-state index contributed by atoms with van der Waals surface area (Å²) < 4.78 is 75.6. The van der Waals surface area contributed by atoms with Crippen LogP contribution in [0.15, 0.2) is 52.3 Å². The van der Waals surface area contributed by atoms with E-state index in [1.54, 1.807) is 26.0 Å². The van der Waals surface area contributed by atoms with Crippen molar-refractivity contribution < 1.29 is 31.1 Å². The van der Waals surface area contributed by atoms with Gasteiger partial charge >= 0.3 is 0 Å². The smallest absolute Gasteiger partial charge is 0.247 e. The van der Waals surface area contributed by atoms with Crippen LogP contribution in [0.3, 0.4) is 0 Å². The normalized spacial score (nSPS) is 20.6. The summed E-state index contributed by atoms with van der Waals surface area (Å²) in [6, 6.07) is 8.60. The number of rotatable bonds is 7. The van der Waals surface area contributed by atoms with Gasteiger partial charge in [0, 0.05) is 37.5 Å². The SMILES string of the molecule is CCCC#Cc1ccc2c(c1)O[C@H](CN(C)S(=O)(=O)c1cccc(F)c1)[C@@H](C)CN([C@@H](C)CO)S2(=O)=O. The van der Waals surface area contributed by atoms with E-state index in [0.29, 0.717) is 12.0 Å². The van der Waals surface area contributed by atoms with Crippen LogP contribution in [0.1, 0.15) is 39.2 Å². The van der Waals surface area contributed by atoms with Gasteiger partial charge in [-0.05, 0) is 49.7 Å². The minimum atomic E-state index is -4.04. The van der Waals surface area contributed by atoms with Crippen LogP contribution in [-0.2, 0) is 20.0 Å². The molecule has 1 heterocycles. The van der Waals surface area contributed by atoms with E-state index < -0.39 is 43.9 Å². The van der Waals surface area contributed by atoms with Crippen LogP contribution in [0.2, 0.25) is 0 Å². The molecule has 0 radical (unpaired) electrons. The molecule has 0 saturated carbocycles. The maximum absolute atomic E-state index is 13.7. The van der Waals surface area contributed by atoms with Crippen molar-refractivity contribution in [3.63, 3.8) is 0 Å². The zero-order chi connectivity index (χ0) is 27.4. The lowest BCUT2D eigenvalue weighted by Gasteiger charge is -2.37. The van der Waals surface area contributed by atoms with Gasteiger partial charge in [0.05, 0.1) is 18.0 Å². The van der Waals surface area contributed by atoms with Crippen LogP contribution in [-0.4, -0.2) is 69.4 Å². The molecule has 1 N–H and O–H groups in total. The quantitative estimate of drug-likeness (QED) is 0.530. The number of nitrogens with zero attached hydrogens (tertiary/aromatic N) is 2. The van der Waals surface area contributed by atoms with Gasteiger partial charge in [0.15, 0.2) is 0 Å². The number of benzene rings is 2. The standard InChI is InChI=1S/C26H33FN2O6S2/c1-5-6-7-9-21-12-13-26-24(14-21)35-25(19(2)16-29(20(3)18-30)37(26,33)34)17-28(4)36(31,32)23-11-8-10-22(27)15-23/h8,10-15,19-20,25,30H,5-6,16-18H2,1-4H3/t19-,20-,25+/m0/s1. The molecule has 0 fully saturated rings. The Balaban J connectivity index is 2.05. The number of aliphatic hydroxyl groups excluding tert-OH is 1. The molecule has 8 nitrogen and oxygen atoms in total. The van der Waals surface area contributed by atoms with Crippen LogP contribution in [0.5, 0.6) is 5.75 Å². The van der Waals surface area contributed by atoms with E-state index in [2.05, 4.69) is 11.8 Å². The molecule has 0 aromatic heterocycles. The highest BCUT2D eigenvalue weighted by Crippen LogP contribution is 2.34. The molecule has 37 heavy (non-hydrogen) atoms. The van der Waals surface area contributed by atoms with Crippen molar-refractivity contribution in [3.05, 3.63) is 53.8 Å². The van der Waals surface area contributed by atoms with Gasteiger partial charge in [-0.1, -0.05) is 31.8 Å². The molecular weight excluding hydrogens is 519 g/mol. The summed E-state index contributed by atoms with van der Waals surface area (Å²) in [6.45, 7) is 4.86. The van der Waals surface area contributed by atoms with Crippen LogP contribution < -0.4 is 4.74 Å². The van der Waals surface area contributed by atoms with Crippen molar-refractivity contribution in [3.8, 4) is 17.6 Å². The second-order valence-electron chi connectivity index (χ2n) is 9.20. The zero-order valence-electron chi connectivity index (χ0n) is 21.4. The molecule has 0 spiro atoms. The Bertz CT molecular complexity index is 1390. The van der Waals surface area contributed by atoms with Crippen LogP contribution in [0.25, 0.3) is 0 Å². The minimum absolute atomic E-state index is 0.0000758. The van der Waals surface area contributed by atoms with Crippen molar-refractivity contribution in [1.82, 2.24) is 8.61 Å². The first-order valence-corrected chi connectivity index (χ1v) is 14.9. The molecule has 2 aromatic carbocycles. The Morgan fingerprint density at radius 1 is 1.27 bits per heavy atom. The number of fused-ring (bicyclic) bond motifs is 1. The number of hydrogen-bond donors (Lipinski definition) is 1. The summed E-state index contributed by atoms with van der Waals surface area (Å²) in [4.78, 5) is -0.276. The second kappa shape index (κ2) is 11.9. The van der Waals surface area contributed by atoms with Crippen molar-refractivity contribution in [2.75, 3.05) is 26.7 Å². The van der Waals surface area contributed by atoms with Gasteiger partial charge in [-0.15, -0.1) is 0 Å². The zero-order valence-corrected chi connectivity index (χ0v) is 23.0. The van der Waals surface area contributed by atoms with Gasteiger partial charge in [0.25, 0.3) is 0 Å². The fraction of sp³-hybridized carbons (Fsp3) is 0.462. The van der Waals surface area contributed by atoms with Gasteiger partial charge in [-0.2, -0.15) is 8.61 Å². The predicted octanol–water partition coefficient (Wildman–Crippen LogP) is 3.07. The number of aliphatic hydroxyl groups is 1. The molecule has 1 aliphatic rings. The molecule has 2 aromatic rings. The second-order valence-corrected chi connectivity index (χ2v) is 13.1. The fourth-order valence-corrected chi connectivity index (χ4v) is 7.01. The third kappa shape index (κ3) is 6.51. The van der Waals surface area contributed by atoms with Gasteiger partial charge in [0.2, 0.25) is 20.0 Å². The molecule has 3 atom stereocenters. The average molecular weight is 553 g/mol. The first-order chi connectivity index (χ1) is 17.4. The molecule has 11 heteroatoms. The first-order valence-electron chi connectivity index (χ1n) is 12.1. The van der Waals surface area contributed by atoms with Crippen LogP contribution in [0, 0.1) is 23.6 Å². The summed E-state index contributed by atoms with van der Waals surface area (Å²) in [5.41, 5.74) is 0.567. The highest BCUT2D eigenvalue weighted by Gasteiger charge is 2.39. The number of likely N-dealkylation sites (N-methyl/N-ethyl adjacent to an activating group) is 1. The third-order valence-corrected chi connectivity index (χ3v) is 10.1. The van der Waals surface area contributed by atoms with Crippen LogP contribution in [0.4, 0.5) is 4.39 Å². The molecule has 1 aliphatic heterocycles. The monoisotopic (exact) mass is 552 g/mol. The molecule has 0 bridgehead atoms. The lowest BCUT2D eigenvalue weighted by molar-refractivity contribution is 0.0904. The van der Waals surface area contributed by atoms with E-state index in [0.717, 1.165) is 22.9 Å². The highest BCUT2D eigenvalue weighted by atomic mass is 32.2. The Morgan fingerprint density at radius 2 is 2.00 bits per heavy atom. The van der Waals surface area contributed by atoms with Crippen molar-refractivity contribution in [2.24, 2.45) is 5.92 Å².